The lowest BCUT2D eigenvalue weighted by Crippen LogP contribution is -1.75. The third-order valence-corrected chi connectivity index (χ3v) is 2.51. The highest BCUT2D eigenvalue weighted by Gasteiger charge is 2.08. The lowest BCUT2D eigenvalue weighted by atomic mass is 10.2. The lowest BCUT2D eigenvalue weighted by molar-refractivity contribution is 0.111. The first-order chi connectivity index (χ1) is 7.86. The third kappa shape index (κ3) is 1.34. The summed E-state index contributed by atoms with van der Waals surface area (Å²) in [6.07, 6.45) is 0.776. The molecule has 1 N–H and O–H groups in total. The van der Waals surface area contributed by atoms with Crippen LogP contribution in [0.25, 0.3) is 22.4 Å². The van der Waals surface area contributed by atoms with E-state index in [1.807, 2.05) is 36.4 Å². The molecule has 3 nitrogen and oxygen atoms in total. The number of aldehydes is 1. The minimum Gasteiger partial charge on any atom is -0.454 e. The Balaban J connectivity index is 2.13. The van der Waals surface area contributed by atoms with E-state index in [-0.39, 0.29) is 0 Å². The SMILES string of the molecule is O=Cc1cc2oc(-c3ccccc3)cc2[nH]1. The number of carbonyl (C=O) groups excluding carboxylic acids is 1. The predicted molar refractivity (Wildman–Crippen MR) is 61.4 cm³/mol. The summed E-state index contributed by atoms with van der Waals surface area (Å²) in [5.74, 6) is 0.805. The monoisotopic (exact) mass is 211 g/mol. The maximum absolute atomic E-state index is 10.6. The standard InChI is InChI=1S/C13H9NO2/c15-8-10-6-13-11(14-10)7-12(16-13)9-4-2-1-3-5-9/h1-8,14H. The van der Waals surface area contributed by atoms with Crippen LogP contribution in [-0.4, -0.2) is 11.3 Å². The van der Waals surface area contributed by atoms with E-state index in [0.717, 1.165) is 23.1 Å². The van der Waals surface area contributed by atoms with Crippen molar-refractivity contribution >= 4 is 17.4 Å². The molecule has 0 spiro atoms. The average molecular weight is 211 g/mol. The maximum Gasteiger partial charge on any atom is 0.166 e. The van der Waals surface area contributed by atoms with Crippen molar-refractivity contribution in [2.75, 3.05) is 0 Å². The van der Waals surface area contributed by atoms with Gasteiger partial charge in [-0.05, 0) is 0 Å². The van der Waals surface area contributed by atoms with Gasteiger partial charge in [0.25, 0.3) is 0 Å². The molecule has 78 valence electrons. The van der Waals surface area contributed by atoms with Gasteiger partial charge < -0.3 is 9.40 Å². The summed E-state index contributed by atoms with van der Waals surface area (Å²) in [6.45, 7) is 0. The van der Waals surface area contributed by atoms with Crippen LogP contribution in [0.15, 0.2) is 46.9 Å². The molecule has 2 heterocycles. The van der Waals surface area contributed by atoms with E-state index in [1.165, 1.54) is 0 Å². The predicted octanol–water partition coefficient (Wildman–Crippen LogP) is 3.24. The lowest BCUT2D eigenvalue weighted by Gasteiger charge is -1.93. The summed E-state index contributed by atoms with van der Waals surface area (Å²) in [5, 5.41) is 0. The van der Waals surface area contributed by atoms with Crippen molar-refractivity contribution in [1.82, 2.24) is 4.98 Å². The molecule has 0 aliphatic heterocycles. The van der Waals surface area contributed by atoms with Crippen LogP contribution in [0.3, 0.4) is 0 Å². The van der Waals surface area contributed by atoms with E-state index >= 15 is 0 Å². The molecule has 0 saturated carbocycles. The van der Waals surface area contributed by atoms with Crippen LogP contribution in [-0.2, 0) is 0 Å². The van der Waals surface area contributed by atoms with Gasteiger partial charge in [-0.3, -0.25) is 4.79 Å². The first-order valence-corrected chi connectivity index (χ1v) is 5.00. The fourth-order valence-corrected chi connectivity index (χ4v) is 1.75. The van der Waals surface area contributed by atoms with E-state index in [2.05, 4.69) is 4.98 Å². The Morgan fingerprint density at radius 3 is 2.62 bits per heavy atom. The Kier molecular flexibility index (Phi) is 1.90. The molecule has 3 heteroatoms. The molecule has 16 heavy (non-hydrogen) atoms. The van der Waals surface area contributed by atoms with E-state index in [4.69, 9.17) is 4.42 Å². The van der Waals surface area contributed by atoms with Gasteiger partial charge >= 0.3 is 0 Å². The van der Waals surface area contributed by atoms with Crippen molar-refractivity contribution in [1.29, 1.82) is 0 Å². The van der Waals surface area contributed by atoms with Gasteiger partial charge in [0.05, 0.1) is 11.2 Å². The zero-order valence-electron chi connectivity index (χ0n) is 8.44. The Morgan fingerprint density at radius 2 is 1.94 bits per heavy atom. The van der Waals surface area contributed by atoms with Crippen LogP contribution >= 0.6 is 0 Å². The minimum absolute atomic E-state index is 0.536. The van der Waals surface area contributed by atoms with Gasteiger partial charge in [-0.2, -0.15) is 0 Å². The van der Waals surface area contributed by atoms with Crippen LogP contribution in [0.1, 0.15) is 10.5 Å². The zero-order valence-corrected chi connectivity index (χ0v) is 8.44. The van der Waals surface area contributed by atoms with Gasteiger partial charge in [-0.1, -0.05) is 30.3 Å². The van der Waals surface area contributed by atoms with Gasteiger partial charge in [0.2, 0.25) is 0 Å². The highest BCUT2D eigenvalue weighted by Crippen LogP contribution is 2.27. The van der Waals surface area contributed by atoms with Crippen molar-refractivity contribution < 1.29 is 9.21 Å². The summed E-state index contributed by atoms with van der Waals surface area (Å²) < 4.78 is 5.65. The number of H-pyrrole nitrogens is 1. The molecular formula is C13H9NO2. The number of furan rings is 1. The smallest absolute Gasteiger partial charge is 0.166 e. The normalized spacial score (nSPS) is 10.8. The fourth-order valence-electron chi connectivity index (χ4n) is 1.75. The van der Waals surface area contributed by atoms with Crippen LogP contribution < -0.4 is 0 Å². The van der Waals surface area contributed by atoms with Crippen molar-refractivity contribution in [3.8, 4) is 11.3 Å². The zero-order chi connectivity index (χ0) is 11.0. The summed E-state index contributed by atoms with van der Waals surface area (Å²) >= 11 is 0. The first kappa shape index (κ1) is 8.97. The molecule has 0 unspecified atom stereocenters. The number of aromatic amines is 1. The Labute approximate surface area is 91.7 Å². The van der Waals surface area contributed by atoms with Crippen molar-refractivity contribution in [3.63, 3.8) is 0 Å². The molecule has 1 aromatic carbocycles. The second-order valence-corrected chi connectivity index (χ2v) is 3.60. The van der Waals surface area contributed by atoms with Crippen LogP contribution in [0, 0.1) is 0 Å². The summed E-state index contributed by atoms with van der Waals surface area (Å²) in [4.78, 5) is 13.5. The number of benzene rings is 1. The molecule has 0 aliphatic rings. The Bertz CT molecular complexity index is 603. The first-order valence-electron chi connectivity index (χ1n) is 5.00. The molecule has 0 saturated heterocycles. The Morgan fingerprint density at radius 1 is 1.12 bits per heavy atom. The summed E-state index contributed by atoms with van der Waals surface area (Å²) in [5.41, 5.74) is 3.12. The number of rotatable bonds is 2. The number of hydrogen-bond acceptors (Lipinski definition) is 2. The topological polar surface area (TPSA) is 46.0 Å². The molecule has 0 aliphatic carbocycles. The quantitative estimate of drug-likeness (QED) is 0.661. The maximum atomic E-state index is 10.6. The molecule has 0 bridgehead atoms. The average Bonchev–Trinajstić information content (AvgIpc) is 2.87. The Hall–Kier alpha value is -2.29. The van der Waals surface area contributed by atoms with Gasteiger partial charge in [-0.25, -0.2) is 0 Å². The second-order valence-electron chi connectivity index (χ2n) is 3.60. The van der Waals surface area contributed by atoms with Gasteiger partial charge in [-0.15, -0.1) is 0 Å². The van der Waals surface area contributed by atoms with Crippen molar-refractivity contribution in [3.05, 3.63) is 48.2 Å². The van der Waals surface area contributed by atoms with E-state index in [1.54, 1.807) is 6.07 Å². The van der Waals surface area contributed by atoms with E-state index in [9.17, 15) is 4.79 Å². The highest BCUT2D eigenvalue weighted by atomic mass is 16.3. The molecule has 0 fully saturated rings. The second kappa shape index (κ2) is 3.38. The molecule has 3 rings (SSSR count). The van der Waals surface area contributed by atoms with E-state index < -0.39 is 0 Å². The molecular weight excluding hydrogens is 202 g/mol. The van der Waals surface area contributed by atoms with Crippen molar-refractivity contribution in [2.24, 2.45) is 0 Å². The molecule has 0 amide bonds. The van der Waals surface area contributed by atoms with Crippen molar-refractivity contribution in [2.45, 2.75) is 0 Å². The largest absolute Gasteiger partial charge is 0.454 e. The highest BCUT2D eigenvalue weighted by molar-refractivity contribution is 5.87. The number of nitrogens with one attached hydrogen (secondary N) is 1. The van der Waals surface area contributed by atoms with Gasteiger partial charge in [0, 0.05) is 17.7 Å². The summed E-state index contributed by atoms with van der Waals surface area (Å²) in [6, 6.07) is 13.5. The van der Waals surface area contributed by atoms with Gasteiger partial charge in [0.15, 0.2) is 11.9 Å². The van der Waals surface area contributed by atoms with Crippen LogP contribution in [0.4, 0.5) is 0 Å². The number of carbonyl (C=O) groups is 1. The fraction of sp³-hybridized carbons (Fsp3) is 0. The molecule has 0 atom stereocenters. The number of aromatic nitrogens is 1. The summed E-state index contributed by atoms with van der Waals surface area (Å²) in [7, 11) is 0. The van der Waals surface area contributed by atoms with Gasteiger partial charge in [0.1, 0.15) is 5.76 Å². The van der Waals surface area contributed by atoms with E-state index in [0.29, 0.717) is 11.3 Å². The third-order valence-electron chi connectivity index (χ3n) is 2.51. The number of fused-ring (bicyclic) bond motifs is 1. The van der Waals surface area contributed by atoms with Crippen LogP contribution in [0.5, 0.6) is 0 Å². The van der Waals surface area contributed by atoms with Crippen LogP contribution in [0.2, 0.25) is 0 Å². The molecule has 3 aromatic rings. The minimum atomic E-state index is 0.536. The number of hydrogen-bond donors (Lipinski definition) is 1. The molecule has 2 aromatic heterocycles. The molecule has 0 radical (unpaired) electrons.